The maximum Gasteiger partial charge on any atom is 0.227 e. The highest BCUT2D eigenvalue weighted by atomic mass is 127. The van der Waals surface area contributed by atoms with Crippen molar-refractivity contribution in [3.8, 4) is 0 Å². The van der Waals surface area contributed by atoms with E-state index >= 15 is 0 Å². The molecule has 0 atom stereocenters. The van der Waals surface area contributed by atoms with Gasteiger partial charge in [0, 0.05) is 23.1 Å². The standard InChI is InChI=1S/C17H13FNO.HI/c18-15-9-7-14(8-10-15)17(20)12-19-11-3-5-13-4-1-2-6-16(13)19;/h1-11H,12H2;1H/q+1;/p-1. The molecule has 0 amide bonds. The van der Waals surface area contributed by atoms with Crippen LogP contribution in [-0.4, -0.2) is 5.78 Å². The third-order valence-corrected chi connectivity index (χ3v) is 3.27. The van der Waals surface area contributed by atoms with Gasteiger partial charge in [-0.25, -0.2) is 4.39 Å². The molecule has 0 spiro atoms. The molecule has 0 aliphatic heterocycles. The lowest BCUT2D eigenvalue weighted by atomic mass is 10.1. The number of nitrogens with zero attached hydrogens (tertiary/aromatic N) is 1. The Kier molecular flexibility index (Phi) is 5.01. The molecule has 3 aromatic rings. The number of hydrogen-bond acceptors (Lipinski definition) is 1. The van der Waals surface area contributed by atoms with Crippen LogP contribution in [0.4, 0.5) is 4.39 Å². The number of fused-ring (bicyclic) bond motifs is 1. The number of hydrogen-bond donors (Lipinski definition) is 0. The molecule has 0 aliphatic carbocycles. The van der Waals surface area contributed by atoms with Crippen LogP contribution >= 0.6 is 0 Å². The fourth-order valence-electron chi connectivity index (χ4n) is 2.24. The Bertz CT molecular complexity index is 766. The molecule has 2 aromatic carbocycles. The minimum Gasteiger partial charge on any atom is -1.00 e. The van der Waals surface area contributed by atoms with Crippen molar-refractivity contribution in [3.63, 3.8) is 0 Å². The molecular weight excluding hydrogens is 380 g/mol. The lowest BCUT2D eigenvalue weighted by Crippen LogP contribution is -3.00. The minimum atomic E-state index is -0.334. The predicted octanol–water partition coefficient (Wildman–Crippen LogP) is 0.153. The molecule has 0 saturated carbocycles. The lowest BCUT2D eigenvalue weighted by molar-refractivity contribution is -0.657. The summed E-state index contributed by atoms with van der Waals surface area (Å²) in [5.41, 5.74) is 1.53. The molecule has 0 radical (unpaired) electrons. The van der Waals surface area contributed by atoms with Gasteiger partial charge in [0.05, 0.1) is 0 Å². The molecule has 1 heterocycles. The molecule has 3 rings (SSSR count). The number of carbonyl (C=O) groups is 1. The summed E-state index contributed by atoms with van der Waals surface area (Å²) in [6.45, 7) is 0.243. The number of rotatable bonds is 3. The second-order valence-corrected chi connectivity index (χ2v) is 4.62. The van der Waals surface area contributed by atoms with Gasteiger partial charge in [-0.3, -0.25) is 4.79 Å². The van der Waals surface area contributed by atoms with Crippen LogP contribution in [0.3, 0.4) is 0 Å². The molecule has 106 valence electrons. The Morgan fingerprint density at radius 2 is 1.62 bits per heavy atom. The zero-order valence-electron chi connectivity index (χ0n) is 11.2. The summed E-state index contributed by atoms with van der Waals surface area (Å²) in [5.74, 6) is -0.370. The second kappa shape index (κ2) is 6.76. The van der Waals surface area contributed by atoms with Crippen molar-refractivity contribution in [2.45, 2.75) is 6.54 Å². The molecule has 1 aromatic heterocycles. The average molecular weight is 393 g/mol. The SMILES string of the molecule is O=C(C[n+]1cccc2ccccc21)c1ccc(F)cc1.[I-]. The fraction of sp³-hybridized carbons (Fsp3) is 0.0588. The van der Waals surface area contributed by atoms with E-state index in [2.05, 4.69) is 0 Å². The lowest BCUT2D eigenvalue weighted by Gasteiger charge is -2.01. The summed E-state index contributed by atoms with van der Waals surface area (Å²) < 4.78 is 14.8. The molecular formula is C17H13FINO. The summed E-state index contributed by atoms with van der Waals surface area (Å²) >= 11 is 0. The van der Waals surface area contributed by atoms with E-state index in [-0.39, 0.29) is 42.1 Å². The number of carbonyl (C=O) groups excluding carboxylic acids is 1. The summed E-state index contributed by atoms with van der Waals surface area (Å²) in [7, 11) is 0. The molecule has 0 unspecified atom stereocenters. The minimum absolute atomic E-state index is 0. The summed E-state index contributed by atoms with van der Waals surface area (Å²) in [5, 5.41) is 1.09. The van der Waals surface area contributed by atoms with E-state index < -0.39 is 0 Å². The van der Waals surface area contributed by atoms with Crippen LogP contribution in [0.15, 0.2) is 66.9 Å². The number of aromatic nitrogens is 1. The van der Waals surface area contributed by atoms with E-state index in [1.54, 1.807) is 0 Å². The number of benzene rings is 2. The Labute approximate surface area is 139 Å². The molecule has 4 heteroatoms. The number of ketones is 1. The quantitative estimate of drug-likeness (QED) is 0.353. The van der Waals surface area contributed by atoms with Gasteiger partial charge in [0.2, 0.25) is 17.8 Å². The van der Waals surface area contributed by atoms with Crippen molar-refractivity contribution in [1.82, 2.24) is 0 Å². The smallest absolute Gasteiger partial charge is 0.227 e. The number of pyridine rings is 1. The first-order chi connectivity index (χ1) is 9.74. The van der Waals surface area contributed by atoms with E-state index in [1.807, 2.05) is 47.2 Å². The van der Waals surface area contributed by atoms with Crippen LogP contribution in [0.2, 0.25) is 0 Å². The number of halogens is 2. The van der Waals surface area contributed by atoms with Crippen LogP contribution < -0.4 is 28.5 Å². The van der Waals surface area contributed by atoms with Gasteiger partial charge in [0.25, 0.3) is 0 Å². The maximum atomic E-state index is 12.9. The molecule has 0 N–H and O–H groups in total. The third kappa shape index (κ3) is 3.44. The van der Waals surface area contributed by atoms with Gasteiger partial charge in [-0.2, -0.15) is 4.57 Å². The van der Waals surface area contributed by atoms with E-state index in [9.17, 15) is 9.18 Å². The topological polar surface area (TPSA) is 20.9 Å². The van der Waals surface area contributed by atoms with Crippen molar-refractivity contribution < 1.29 is 37.7 Å². The summed E-state index contributed by atoms with van der Waals surface area (Å²) in [4.78, 5) is 12.2. The van der Waals surface area contributed by atoms with Gasteiger partial charge in [-0.1, -0.05) is 12.1 Å². The van der Waals surface area contributed by atoms with Crippen LogP contribution in [-0.2, 0) is 6.54 Å². The zero-order valence-corrected chi connectivity index (χ0v) is 13.3. The van der Waals surface area contributed by atoms with Crippen molar-refractivity contribution in [1.29, 1.82) is 0 Å². The van der Waals surface area contributed by atoms with Crippen molar-refractivity contribution >= 4 is 16.7 Å². The van der Waals surface area contributed by atoms with Crippen molar-refractivity contribution in [2.24, 2.45) is 0 Å². The van der Waals surface area contributed by atoms with Gasteiger partial charge in [0.1, 0.15) is 5.82 Å². The van der Waals surface area contributed by atoms with Gasteiger partial charge >= 0.3 is 0 Å². The number of Topliss-reactive ketones (excluding diaryl/α,β-unsaturated/α-hetero) is 1. The Morgan fingerprint density at radius 3 is 2.38 bits per heavy atom. The molecule has 21 heavy (non-hydrogen) atoms. The van der Waals surface area contributed by atoms with E-state index in [4.69, 9.17) is 0 Å². The Balaban J connectivity index is 0.00000161. The highest BCUT2D eigenvalue weighted by molar-refractivity contribution is 5.95. The monoisotopic (exact) mass is 393 g/mol. The Morgan fingerprint density at radius 1 is 0.952 bits per heavy atom. The van der Waals surface area contributed by atoms with E-state index in [0.717, 1.165) is 10.9 Å². The summed E-state index contributed by atoms with van der Waals surface area (Å²) in [6, 6.07) is 17.5. The molecule has 0 aliphatic rings. The Hall–Kier alpha value is -1.82. The first-order valence-electron chi connectivity index (χ1n) is 6.40. The van der Waals surface area contributed by atoms with Gasteiger partial charge < -0.3 is 24.0 Å². The van der Waals surface area contributed by atoms with Gasteiger partial charge in [-0.05, 0) is 36.4 Å². The maximum absolute atomic E-state index is 12.9. The highest BCUT2D eigenvalue weighted by Crippen LogP contribution is 2.09. The molecule has 2 nitrogen and oxygen atoms in total. The number of para-hydroxylation sites is 1. The van der Waals surface area contributed by atoms with E-state index in [0.29, 0.717) is 5.56 Å². The molecule has 0 bridgehead atoms. The van der Waals surface area contributed by atoms with E-state index in [1.165, 1.54) is 24.3 Å². The second-order valence-electron chi connectivity index (χ2n) is 4.62. The fourth-order valence-corrected chi connectivity index (χ4v) is 2.24. The normalized spacial score (nSPS) is 10.1. The average Bonchev–Trinajstić information content (AvgIpc) is 2.48. The largest absolute Gasteiger partial charge is 1.00 e. The summed E-state index contributed by atoms with van der Waals surface area (Å²) in [6.07, 6.45) is 1.88. The first-order valence-corrected chi connectivity index (χ1v) is 6.40. The van der Waals surface area contributed by atoms with Crippen molar-refractivity contribution in [3.05, 3.63) is 78.2 Å². The predicted molar refractivity (Wildman–Crippen MR) is 74.9 cm³/mol. The van der Waals surface area contributed by atoms with Crippen LogP contribution in [0.25, 0.3) is 10.9 Å². The molecule has 0 fully saturated rings. The van der Waals surface area contributed by atoms with Crippen LogP contribution in [0.1, 0.15) is 10.4 Å². The third-order valence-electron chi connectivity index (χ3n) is 3.27. The first kappa shape index (κ1) is 15.6. The van der Waals surface area contributed by atoms with Gasteiger partial charge in [0.15, 0.2) is 6.20 Å². The molecule has 0 saturated heterocycles. The zero-order chi connectivity index (χ0) is 13.9. The van der Waals surface area contributed by atoms with Crippen LogP contribution in [0.5, 0.6) is 0 Å². The highest BCUT2D eigenvalue weighted by Gasteiger charge is 2.14. The van der Waals surface area contributed by atoms with Crippen molar-refractivity contribution in [2.75, 3.05) is 0 Å². The van der Waals surface area contributed by atoms with Gasteiger partial charge in [-0.15, -0.1) is 0 Å². The van der Waals surface area contributed by atoms with Crippen LogP contribution in [0, 0.1) is 5.82 Å².